The third kappa shape index (κ3) is 3.59. The quantitative estimate of drug-likeness (QED) is 0.801. The molecule has 1 aromatic carbocycles. The van der Waals surface area contributed by atoms with Gasteiger partial charge in [-0.25, -0.2) is 17.9 Å². The van der Waals surface area contributed by atoms with Crippen LogP contribution in [-0.4, -0.2) is 26.0 Å². The number of carboxylic acid groups (broad SMARTS) is 1. The number of hydrogen-bond donors (Lipinski definition) is 2. The molecule has 0 saturated heterocycles. The van der Waals surface area contributed by atoms with Crippen molar-refractivity contribution in [2.24, 2.45) is 11.3 Å². The zero-order valence-electron chi connectivity index (χ0n) is 11.5. The molecule has 8 heteroatoms. The topological polar surface area (TPSA) is 83.5 Å². The average molecular weight is 397 g/mol. The molecule has 0 aromatic heterocycles. The van der Waals surface area contributed by atoms with Gasteiger partial charge >= 0.3 is 5.97 Å². The lowest BCUT2D eigenvalue weighted by Crippen LogP contribution is -2.27. The molecule has 0 bridgehead atoms. The molecule has 1 aliphatic rings. The Morgan fingerprint density at radius 1 is 1.52 bits per heavy atom. The molecule has 1 atom stereocenters. The number of nitrogens with one attached hydrogen (secondary N) is 1. The molecule has 1 saturated carbocycles. The molecule has 0 radical (unpaired) electrons. The summed E-state index contributed by atoms with van der Waals surface area (Å²) in [5.74, 6) is -0.969. The minimum atomic E-state index is -3.76. The Morgan fingerprint density at radius 3 is 2.57 bits per heavy atom. The summed E-state index contributed by atoms with van der Waals surface area (Å²) in [4.78, 5) is 11.0. The second-order valence-corrected chi connectivity index (χ2v) is 8.81. The van der Waals surface area contributed by atoms with Crippen LogP contribution in [0.15, 0.2) is 21.5 Å². The zero-order chi connectivity index (χ0) is 16.0. The highest BCUT2D eigenvalue weighted by molar-refractivity contribution is 9.10. The van der Waals surface area contributed by atoms with Gasteiger partial charge in [0.05, 0.1) is 15.5 Å². The van der Waals surface area contributed by atoms with E-state index in [1.807, 2.05) is 0 Å². The molecule has 0 amide bonds. The lowest BCUT2D eigenvalue weighted by atomic mass is 10.1. The van der Waals surface area contributed by atoms with E-state index < -0.39 is 16.0 Å². The molecular weight excluding hydrogens is 382 g/mol. The standard InChI is InChI=1S/C13H15BrClNO4S/c1-13(2)5-7(13)6-16-21(19,20)8-3-9(12(17)18)11(15)10(14)4-8/h3-4,7,16H,5-6H2,1-2H3,(H,17,18). The zero-order valence-corrected chi connectivity index (χ0v) is 14.6. The second kappa shape index (κ2) is 5.53. The number of aromatic carboxylic acids is 1. The van der Waals surface area contributed by atoms with Crippen molar-refractivity contribution in [1.82, 2.24) is 4.72 Å². The minimum Gasteiger partial charge on any atom is -0.478 e. The monoisotopic (exact) mass is 395 g/mol. The highest BCUT2D eigenvalue weighted by atomic mass is 79.9. The van der Waals surface area contributed by atoms with E-state index in [0.29, 0.717) is 12.5 Å². The van der Waals surface area contributed by atoms with E-state index in [1.54, 1.807) is 0 Å². The van der Waals surface area contributed by atoms with Crippen LogP contribution in [0.5, 0.6) is 0 Å². The molecule has 0 aliphatic heterocycles. The van der Waals surface area contributed by atoms with E-state index in [4.69, 9.17) is 16.7 Å². The molecular formula is C13H15BrClNO4S. The summed E-state index contributed by atoms with van der Waals surface area (Å²) in [6, 6.07) is 2.37. The van der Waals surface area contributed by atoms with E-state index in [9.17, 15) is 13.2 Å². The molecule has 21 heavy (non-hydrogen) atoms. The van der Waals surface area contributed by atoms with Crippen molar-refractivity contribution < 1.29 is 18.3 Å². The third-order valence-electron chi connectivity index (χ3n) is 3.78. The van der Waals surface area contributed by atoms with Gasteiger partial charge in [-0.2, -0.15) is 0 Å². The van der Waals surface area contributed by atoms with E-state index in [2.05, 4.69) is 34.5 Å². The molecule has 1 fully saturated rings. The van der Waals surface area contributed by atoms with E-state index in [0.717, 1.165) is 12.5 Å². The summed E-state index contributed by atoms with van der Waals surface area (Å²) in [5.41, 5.74) is -0.0897. The van der Waals surface area contributed by atoms with Gasteiger partial charge in [-0.1, -0.05) is 25.4 Å². The smallest absolute Gasteiger partial charge is 0.337 e. The largest absolute Gasteiger partial charge is 0.478 e. The molecule has 1 aliphatic carbocycles. The van der Waals surface area contributed by atoms with Crippen molar-refractivity contribution in [3.63, 3.8) is 0 Å². The highest BCUT2D eigenvalue weighted by Gasteiger charge is 2.45. The SMILES string of the molecule is CC1(C)CC1CNS(=O)(=O)c1cc(Br)c(Cl)c(C(=O)O)c1. The van der Waals surface area contributed by atoms with E-state index in [1.165, 1.54) is 6.07 Å². The molecule has 5 nitrogen and oxygen atoms in total. The van der Waals surface area contributed by atoms with Crippen LogP contribution >= 0.6 is 27.5 Å². The summed E-state index contributed by atoms with van der Waals surface area (Å²) in [6.07, 6.45) is 0.972. The van der Waals surface area contributed by atoms with Gasteiger partial charge in [0, 0.05) is 11.0 Å². The van der Waals surface area contributed by atoms with Gasteiger partial charge in [-0.3, -0.25) is 0 Å². The predicted octanol–water partition coefficient (Wildman–Crippen LogP) is 3.13. The van der Waals surface area contributed by atoms with Gasteiger partial charge < -0.3 is 5.11 Å². The molecule has 1 aromatic rings. The molecule has 0 spiro atoms. The van der Waals surface area contributed by atoms with Gasteiger partial charge in [0.1, 0.15) is 0 Å². The summed E-state index contributed by atoms with van der Waals surface area (Å²) < 4.78 is 27.2. The Bertz CT molecular complexity index is 702. The average Bonchev–Trinajstić information content (AvgIpc) is 2.97. The fourth-order valence-corrected chi connectivity index (χ4v) is 4.03. The Balaban J connectivity index is 2.26. The Labute approximate surface area is 136 Å². The fraction of sp³-hybridized carbons (Fsp3) is 0.462. The van der Waals surface area contributed by atoms with Crippen molar-refractivity contribution in [1.29, 1.82) is 0 Å². The van der Waals surface area contributed by atoms with Crippen molar-refractivity contribution >= 4 is 43.5 Å². The molecule has 2 N–H and O–H groups in total. The summed E-state index contributed by atoms with van der Waals surface area (Å²) in [5, 5.41) is 9.03. The number of benzene rings is 1. The number of carboxylic acids is 1. The van der Waals surface area contributed by atoms with Crippen LogP contribution in [-0.2, 0) is 10.0 Å². The Hall–Kier alpha value is -0.630. The van der Waals surface area contributed by atoms with Crippen LogP contribution in [0.4, 0.5) is 0 Å². The first-order chi connectivity index (χ1) is 9.54. The number of sulfonamides is 1. The van der Waals surface area contributed by atoms with Crippen LogP contribution in [0.1, 0.15) is 30.6 Å². The van der Waals surface area contributed by atoms with Crippen LogP contribution in [0.2, 0.25) is 5.02 Å². The Morgan fingerprint density at radius 2 is 2.10 bits per heavy atom. The number of rotatable bonds is 5. The molecule has 116 valence electrons. The normalized spacial score (nSPS) is 20.3. The number of carbonyl (C=O) groups is 1. The minimum absolute atomic E-state index is 0.0234. The van der Waals surface area contributed by atoms with Crippen molar-refractivity contribution in [3.8, 4) is 0 Å². The Kier molecular flexibility index (Phi) is 4.41. The molecule has 1 unspecified atom stereocenters. The second-order valence-electron chi connectivity index (χ2n) is 5.81. The first-order valence-electron chi connectivity index (χ1n) is 6.26. The van der Waals surface area contributed by atoms with Gasteiger partial charge in [-0.15, -0.1) is 0 Å². The van der Waals surface area contributed by atoms with Gasteiger partial charge in [-0.05, 0) is 45.8 Å². The van der Waals surface area contributed by atoms with Crippen molar-refractivity contribution in [3.05, 3.63) is 27.2 Å². The summed E-state index contributed by atoms with van der Waals surface area (Å²) in [7, 11) is -3.76. The first kappa shape index (κ1) is 16.7. The maximum Gasteiger partial charge on any atom is 0.337 e. The molecule has 2 rings (SSSR count). The van der Waals surface area contributed by atoms with Gasteiger partial charge in [0.15, 0.2) is 0 Å². The lowest BCUT2D eigenvalue weighted by Gasteiger charge is -2.10. The van der Waals surface area contributed by atoms with Crippen LogP contribution in [0, 0.1) is 11.3 Å². The first-order valence-corrected chi connectivity index (χ1v) is 8.92. The van der Waals surface area contributed by atoms with E-state index >= 15 is 0 Å². The lowest BCUT2D eigenvalue weighted by molar-refractivity contribution is 0.0696. The molecule has 0 heterocycles. The third-order valence-corrected chi connectivity index (χ3v) is 6.44. The van der Waals surface area contributed by atoms with E-state index in [-0.39, 0.29) is 25.4 Å². The van der Waals surface area contributed by atoms with Crippen molar-refractivity contribution in [2.75, 3.05) is 6.54 Å². The van der Waals surface area contributed by atoms with Gasteiger partial charge in [0.25, 0.3) is 0 Å². The number of hydrogen-bond acceptors (Lipinski definition) is 3. The predicted molar refractivity (Wildman–Crippen MR) is 83.2 cm³/mol. The maximum atomic E-state index is 12.2. The highest BCUT2D eigenvalue weighted by Crippen LogP contribution is 2.51. The number of halogens is 2. The van der Waals surface area contributed by atoms with Crippen LogP contribution < -0.4 is 4.72 Å². The van der Waals surface area contributed by atoms with Crippen molar-refractivity contribution in [2.45, 2.75) is 25.2 Å². The summed E-state index contributed by atoms with van der Waals surface area (Å²) >= 11 is 8.92. The van der Waals surface area contributed by atoms with Crippen LogP contribution in [0.25, 0.3) is 0 Å². The van der Waals surface area contributed by atoms with Crippen LogP contribution in [0.3, 0.4) is 0 Å². The summed E-state index contributed by atoms with van der Waals surface area (Å²) in [6.45, 7) is 4.50. The fourth-order valence-electron chi connectivity index (χ4n) is 2.09. The maximum absolute atomic E-state index is 12.2. The van der Waals surface area contributed by atoms with Gasteiger partial charge in [0.2, 0.25) is 10.0 Å².